The van der Waals surface area contributed by atoms with Gasteiger partial charge in [-0.2, -0.15) is 0 Å². The topological polar surface area (TPSA) is 19.4 Å². The Morgan fingerprint density at radius 1 is 0.178 bits per heavy atom. The average Bonchev–Trinajstić information content (AvgIpc) is 0.695. The number of hydrogen-bond donors (Lipinski definition) is 0. The van der Waals surface area contributed by atoms with E-state index in [4.69, 9.17) is 0 Å². The van der Waals surface area contributed by atoms with Crippen LogP contribution in [-0.4, -0.2) is 20.1 Å². The minimum atomic E-state index is -0.191. The molecule has 19 rings (SSSR count). The maximum Gasteiger partial charge on any atom is 0.252 e. The van der Waals surface area contributed by atoms with Crippen LogP contribution in [0.4, 0.5) is 102 Å². The Bertz CT molecular complexity index is 4790. The number of anilines is 18. The highest BCUT2D eigenvalue weighted by Crippen LogP contribution is 2.51. The molecule has 90 heavy (non-hydrogen) atoms. The summed E-state index contributed by atoms with van der Waals surface area (Å²) < 4.78 is 0. The fourth-order valence-corrected chi connectivity index (χ4v) is 16.4. The lowest BCUT2D eigenvalue weighted by molar-refractivity contribution is 1.22. The van der Waals surface area contributed by atoms with Crippen LogP contribution >= 0.6 is 0 Å². The molecule has 0 spiro atoms. The Morgan fingerprint density at radius 2 is 0.378 bits per heavy atom. The van der Waals surface area contributed by atoms with E-state index in [0.29, 0.717) is 0 Å². The molecule has 6 heterocycles. The van der Waals surface area contributed by atoms with Crippen molar-refractivity contribution in [2.24, 2.45) is 0 Å². The van der Waals surface area contributed by atoms with Gasteiger partial charge in [-0.05, 0) is 220 Å². The van der Waals surface area contributed by atoms with Crippen LogP contribution < -0.4 is 78.6 Å². The number of rotatable bonds is 6. The van der Waals surface area contributed by atoms with Gasteiger partial charge in [0.25, 0.3) is 20.1 Å². The second-order valence-corrected chi connectivity index (χ2v) is 25.0. The molecule has 0 fully saturated rings. The molecular weight excluding hydrogens is 1090 g/mol. The van der Waals surface area contributed by atoms with Crippen molar-refractivity contribution in [3.8, 4) is 0 Å². The van der Waals surface area contributed by atoms with Gasteiger partial charge in [0.2, 0.25) is 0 Å². The second kappa shape index (κ2) is 19.4. The molecule has 6 aliphatic rings. The summed E-state index contributed by atoms with van der Waals surface area (Å²) in [5, 5.41) is 0. The van der Waals surface area contributed by atoms with E-state index < -0.39 is 0 Å². The van der Waals surface area contributed by atoms with Gasteiger partial charge in [-0.1, -0.05) is 158 Å². The molecule has 0 aromatic heterocycles. The molecule has 6 aliphatic heterocycles. The van der Waals surface area contributed by atoms with E-state index >= 15 is 0 Å². The summed E-state index contributed by atoms with van der Waals surface area (Å²) in [5.41, 5.74) is 36.4. The molecule has 0 N–H and O–H groups in total. The molecule has 0 amide bonds. The van der Waals surface area contributed by atoms with Crippen molar-refractivity contribution in [2.45, 2.75) is 20.8 Å². The maximum atomic E-state index is 2.67. The van der Waals surface area contributed by atoms with Crippen molar-refractivity contribution in [3.63, 3.8) is 0 Å². The Hall–Kier alpha value is -11.1. The summed E-state index contributed by atoms with van der Waals surface area (Å²) >= 11 is 0. The molecule has 0 saturated carbocycles. The first-order chi connectivity index (χ1) is 44.4. The van der Waals surface area contributed by atoms with Crippen LogP contribution in [-0.2, 0) is 0 Å². The van der Waals surface area contributed by atoms with Gasteiger partial charge in [0.1, 0.15) is 0 Å². The van der Waals surface area contributed by atoms with E-state index in [-0.39, 0.29) is 20.1 Å². The van der Waals surface area contributed by atoms with E-state index in [2.05, 4.69) is 341 Å². The van der Waals surface area contributed by atoms with E-state index in [1.807, 2.05) is 0 Å². The number of aryl methyl sites for hydroxylation is 3. The zero-order chi connectivity index (χ0) is 59.5. The first-order valence-electron chi connectivity index (χ1n) is 31.5. The number of hydrogen-bond acceptors (Lipinski definition) is 6. The summed E-state index contributed by atoms with van der Waals surface area (Å²) in [4.78, 5) is 15.4. The molecule has 6 nitrogen and oxygen atoms in total. The van der Waals surface area contributed by atoms with Crippen LogP contribution in [0.25, 0.3) is 0 Å². The monoisotopic (exact) mass is 1150 g/mol. The quantitative estimate of drug-likeness (QED) is 0.153. The Kier molecular flexibility index (Phi) is 11.0. The maximum absolute atomic E-state index is 2.67. The van der Waals surface area contributed by atoms with Gasteiger partial charge in [0.05, 0.1) is 0 Å². The van der Waals surface area contributed by atoms with E-state index in [9.17, 15) is 0 Å². The highest BCUT2D eigenvalue weighted by atomic mass is 15.2. The van der Waals surface area contributed by atoms with E-state index in [1.165, 1.54) is 134 Å². The van der Waals surface area contributed by atoms with Crippen molar-refractivity contribution in [2.75, 3.05) is 29.4 Å². The highest BCUT2D eigenvalue weighted by Gasteiger charge is 2.51. The van der Waals surface area contributed by atoms with E-state index in [1.54, 1.807) is 0 Å². The van der Waals surface area contributed by atoms with Crippen molar-refractivity contribution in [3.05, 3.63) is 308 Å². The van der Waals surface area contributed by atoms with Crippen molar-refractivity contribution in [1.29, 1.82) is 0 Å². The first-order valence-corrected chi connectivity index (χ1v) is 31.5. The average molecular weight is 1150 g/mol. The van der Waals surface area contributed by atoms with Crippen molar-refractivity contribution < 1.29 is 0 Å². The third kappa shape index (κ3) is 7.26. The van der Waals surface area contributed by atoms with Crippen LogP contribution in [0.3, 0.4) is 0 Å². The summed E-state index contributed by atoms with van der Waals surface area (Å²) in [5.74, 6) is 0. The molecule has 0 atom stereocenters. The van der Waals surface area contributed by atoms with Crippen LogP contribution in [0.2, 0.25) is 0 Å². The Balaban J connectivity index is 0.942. The van der Waals surface area contributed by atoms with Gasteiger partial charge in [-0.3, -0.25) is 0 Å². The summed E-state index contributed by atoms with van der Waals surface area (Å²) in [7, 11) is 0. The number of para-hydroxylation sites is 8. The molecule has 0 aliphatic carbocycles. The highest BCUT2D eigenvalue weighted by molar-refractivity contribution is 7.04. The normalized spacial score (nSPS) is 14.0. The van der Waals surface area contributed by atoms with Crippen molar-refractivity contribution in [1.82, 2.24) is 0 Å². The predicted molar refractivity (Wildman–Crippen MR) is 383 cm³/mol. The van der Waals surface area contributed by atoms with Gasteiger partial charge in [-0.15, -0.1) is 0 Å². The SMILES string of the molecule is Cc1cc2c3c(c1)N(c1ccccc1)c1cc4c(cc1B3c1ccccc1N2c1ccccc1)B1c2cc3c(cc2N(c2ccccc2)c2cc(C)cc(c21)N4c1ccccc1)N(c1ccccc1)c1cc(C)cc2c1B3c1ccccc1N2c1ccccc1. The summed E-state index contributed by atoms with van der Waals surface area (Å²) in [6, 6.07) is 110. The molecule has 0 bridgehead atoms. The van der Waals surface area contributed by atoms with Gasteiger partial charge < -0.3 is 29.4 Å². The molecule has 0 saturated heterocycles. The zero-order valence-electron chi connectivity index (χ0n) is 50.1. The van der Waals surface area contributed by atoms with Crippen LogP contribution in [0.1, 0.15) is 16.7 Å². The second-order valence-electron chi connectivity index (χ2n) is 25.0. The summed E-state index contributed by atoms with van der Waals surface area (Å²) in [6.07, 6.45) is 0. The molecule has 0 radical (unpaired) electrons. The first kappa shape index (κ1) is 51.0. The van der Waals surface area contributed by atoms with E-state index in [0.717, 1.165) is 34.1 Å². The summed E-state index contributed by atoms with van der Waals surface area (Å²) in [6.45, 7) is 6.43. The lowest BCUT2D eigenvalue weighted by Gasteiger charge is -2.48. The standard InChI is InChI=1S/C81H57B3N6/c1-52-42-73-79-75(44-52)87(57-30-14-6-15-31-57)69-50-71-65(48-63(69)82(79)61-38-22-24-40-67(61)85(73)55-26-10-4-11-27-55)84-66-49-64-70(51-72(66)90(60-36-20-9-21-37-60)78-47-54(3)46-77(81(78)84)89(71)59-34-18-8-19-35-59)88(58-32-16-7-17-33-58)76-45-53(2)43-74-80(76)83(64)62-39-23-25-41-68(62)86(74)56-28-12-5-13-29-56/h4-51H,1-3H3. The number of fused-ring (bicyclic) bond motifs is 12. The number of benzene rings is 13. The minimum Gasteiger partial charge on any atom is -0.311 e. The van der Waals surface area contributed by atoms with Crippen LogP contribution in [0.5, 0.6) is 0 Å². The van der Waals surface area contributed by atoms with Gasteiger partial charge in [-0.25, -0.2) is 0 Å². The predicted octanol–water partition coefficient (Wildman–Crippen LogP) is 14.9. The lowest BCUT2D eigenvalue weighted by atomic mass is 9.29. The van der Waals surface area contributed by atoms with Gasteiger partial charge in [0.15, 0.2) is 0 Å². The number of nitrogens with zero attached hydrogens (tertiary/aromatic N) is 6. The lowest BCUT2D eigenvalue weighted by Crippen LogP contribution is -2.66. The molecular formula is C81H57B3N6. The van der Waals surface area contributed by atoms with Crippen molar-refractivity contribution >= 4 is 172 Å². The van der Waals surface area contributed by atoms with Gasteiger partial charge >= 0.3 is 0 Å². The molecule has 13 aromatic carbocycles. The van der Waals surface area contributed by atoms with Crippen LogP contribution in [0.15, 0.2) is 291 Å². The Morgan fingerprint density at radius 3 is 0.622 bits per heavy atom. The zero-order valence-corrected chi connectivity index (χ0v) is 50.1. The largest absolute Gasteiger partial charge is 0.311 e. The Labute approximate surface area is 526 Å². The minimum absolute atomic E-state index is 0.0902. The molecule has 9 heteroatoms. The molecule has 0 unspecified atom stereocenters. The fourth-order valence-electron chi connectivity index (χ4n) is 16.4. The van der Waals surface area contributed by atoms with Gasteiger partial charge in [0, 0.05) is 102 Å². The molecule has 420 valence electrons. The third-order valence-corrected chi connectivity index (χ3v) is 19.8. The fraction of sp³-hybridized carbons (Fsp3) is 0.0370. The third-order valence-electron chi connectivity index (χ3n) is 19.8. The van der Waals surface area contributed by atoms with Crippen LogP contribution in [0, 0.1) is 20.8 Å². The molecule has 13 aromatic rings. The smallest absolute Gasteiger partial charge is 0.252 e.